The van der Waals surface area contributed by atoms with E-state index in [0.717, 1.165) is 22.8 Å². The Balaban J connectivity index is 2.01. The molecular weight excluding hydrogens is 210 g/mol. The maximum Gasteiger partial charge on any atom is 0.0799 e. The zero-order valence-electron chi connectivity index (χ0n) is 9.59. The third-order valence-electron chi connectivity index (χ3n) is 2.72. The lowest BCUT2D eigenvalue weighted by Crippen LogP contribution is -1.89. The lowest BCUT2D eigenvalue weighted by Gasteiger charge is -2.02. The molecule has 0 amide bonds. The summed E-state index contributed by atoms with van der Waals surface area (Å²) < 4.78 is 2.08. The molecule has 2 aromatic rings. The van der Waals surface area contributed by atoms with E-state index in [2.05, 4.69) is 26.7 Å². The number of aromatic nitrogens is 2. The number of H-pyrrole nitrogens is 1. The van der Waals surface area contributed by atoms with Gasteiger partial charge < -0.3 is 9.55 Å². The second kappa shape index (κ2) is 3.94. The maximum absolute atomic E-state index is 4.42. The SMILES string of the molecule is CC1=NC(=Cn2cccc2-c2ccc[nH]2)C=C1. The van der Waals surface area contributed by atoms with Gasteiger partial charge in [-0.2, -0.15) is 0 Å². The van der Waals surface area contributed by atoms with Crippen LogP contribution in [0.2, 0.25) is 0 Å². The Morgan fingerprint density at radius 1 is 1.24 bits per heavy atom. The summed E-state index contributed by atoms with van der Waals surface area (Å²) in [5.74, 6) is 0. The summed E-state index contributed by atoms with van der Waals surface area (Å²) >= 11 is 0. The summed E-state index contributed by atoms with van der Waals surface area (Å²) in [5.41, 5.74) is 4.27. The van der Waals surface area contributed by atoms with Crippen LogP contribution in [0.15, 0.2) is 59.5 Å². The standard InChI is InChI=1S/C14H13N3/c1-11-6-7-12(16-11)10-17-9-3-5-14(17)13-4-2-8-15-13/h2-10,15H,1H3. The van der Waals surface area contributed by atoms with Crippen LogP contribution >= 0.6 is 0 Å². The van der Waals surface area contributed by atoms with E-state index < -0.39 is 0 Å². The summed E-state index contributed by atoms with van der Waals surface area (Å²) in [6, 6.07) is 8.17. The van der Waals surface area contributed by atoms with Crippen molar-refractivity contribution in [3.05, 3.63) is 54.5 Å². The van der Waals surface area contributed by atoms with Gasteiger partial charge in [0.1, 0.15) is 0 Å². The summed E-state index contributed by atoms with van der Waals surface area (Å²) in [6.45, 7) is 2.00. The zero-order valence-corrected chi connectivity index (χ0v) is 9.59. The Bertz CT molecular complexity index is 610. The van der Waals surface area contributed by atoms with Gasteiger partial charge >= 0.3 is 0 Å². The van der Waals surface area contributed by atoms with Crippen LogP contribution in [0, 0.1) is 0 Å². The Morgan fingerprint density at radius 3 is 2.88 bits per heavy atom. The first kappa shape index (κ1) is 9.90. The van der Waals surface area contributed by atoms with E-state index in [1.165, 1.54) is 0 Å². The molecule has 1 N–H and O–H groups in total. The molecule has 1 aliphatic rings. The largest absolute Gasteiger partial charge is 0.360 e. The maximum atomic E-state index is 4.42. The van der Waals surface area contributed by atoms with Gasteiger partial charge in [0, 0.05) is 24.3 Å². The first-order chi connectivity index (χ1) is 8.33. The predicted octanol–water partition coefficient (Wildman–Crippen LogP) is 3.31. The molecule has 3 nitrogen and oxygen atoms in total. The molecule has 0 unspecified atom stereocenters. The fourth-order valence-corrected chi connectivity index (χ4v) is 1.92. The van der Waals surface area contributed by atoms with Gasteiger partial charge in [0.2, 0.25) is 0 Å². The number of allylic oxidation sites excluding steroid dienone is 2. The predicted molar refractivity (Wildman–Crippen MR) is 70.7 cm³/mol. The van der Waals surface area contributed by atoms with Gasteiger partial charge in [-0.05, 0) is 43.3 Å². The molecule has 0 saturated carbocycles. The molecule has 0 spiro atoms. The van der Waals surface area contributed by atoms with Crippen LogP contribution in [-0.4, -0.2) is 15.3 Å². The van der Waals surface area contributed by atoms with Crippen molar-refractivity contribution in [1.29, 1.82) is 0 Å². The number of rotatable bonds is 2. The minimum Gasteiger partial charge on any atom is -0.360 e. The summed E-state index contributed by atoms with van der Waals surface area (Å²) in [4.78, 5) is 7.63. The molecule has 84 valence electrons. The Labute approximate surface area is 99.8 Å². The van der Waals surface area contributed by atoms with E-state index in [4.69, 9.17) is 0 Å². The van der Waals surface area contributed by atoms with Crippen molar-refractivity contribution in [1.82, 2.24) is 9.55 Å². The number of nitrogens with one attached hydrogen (secondary N) is 1. The highest BCUT2D eigenvalue weighted by atomic mass is 15.0. The second-order valence-electron chi connectivity index (χ2n) is 4.02. The second-order valence-corrected chi connectivity index (χ2v) is 4.02. The fourth-order valence-electron chi connectivity index (χ4n) is 1.92. The molecule has 17 heavy (non-hydrogen) atoms. The van der Waals surface area contributed by atoms with E-state index in [1.807, 2.05) is 49.8 Å². The van der Waals surface area contributed by atoms with E-state index in [1.54, 1.807) is 0 Å². The lowest BCUT2D eigenvalue weighted by atomic mass is 10.3. The Kier molecular flexibility index (Phi) is 2.29. The summed E-state index contributed by atoms with van der Waals surface area (Å²) in [6.07, 6.45) is 10.0. The van der Waals surface area contributed by atoms with E-state index >= 15 is 0 Å². The van der Waals surface area contributed by atoms with Crippen LogP contribution in [0.3, 0.4) is 0 Å². The van der Waals surface area contributed by atoms with Crippen LogP contribution < -0.4 is 0 Å². The summed E-state index contributed by atoms with van der Waals surface area (Å²) in [7, 11) is 0. The molecule has 2 aromatic heterocycles. The molecule has 0 aliphatic carbocycles. The average Bonchev–Trinajstić information content (AvgIpc) is 3.00. The molecule has 1 aliphatic heterocycles. The Morgan fingerprint density at radius 2 is 2.18 bits per heavy atom. The van der Waals surface area contributed by atoms with Gasteiger partial charge in [0.15, 0.2) is 0 Å². The number of hydrogen-bond acceptors (Lipinski definition) is 1. The molecule has 0 radical (unpaired) electrons. The van der Waals surface area contributed by atoms with Crippen molar-refractivity contribution >= 4 is 11.9 Å². The lowest BCUT2D eigenvalue weighted by molar-refractivity contribution is 1.14. The van der Waals surface area contributed by atoms with Crippen molar-refractivity contribution in [2.45, 2.75) is 6.92 Å². The van der Waals surface area contributed by atoms with Crippen molar-refractivity contribution in [3.63, 3.8) is 0 Å². The molecule has 3 heterocycles. The monoisotopic (exact) mass is 223 g/mol. The van der Waals surface area contributed by atoms with Crippen LogP contribution in [0.5, 0.6) is 0 Å². The Hall–Kier alpha value is -2.29. The third kappa shape index (κ3) is 1.87. The van der Waals surface area contributed by atoms with Crippen LogP contribution in [0.1, 0.15) is 6.92 Å². The van der Waals surface area contributed by atoms with Crippen molar-refractivity contribution in [2.24, 2.45) is 4.99 Å². The average molecular weight is 223 g/mol. The zero-order chi connectivity index (χ0) is 11.7. The summed E-state index contributed by atoms with van der Waals surface area (Å²) in [5, 5.41) is 0. The molecule has 3 heteroatoms. The van der Waals surface area contributed by atoms with Gasteiger partial charge in [-0.15, -0.1) is 0 Å². The quantitative estimate of drug-likeness (QED) is 0.810. The van der Waals surface area contributed by atoms with Gasteiger partial charge in [-0.25, -0.2) is 0 Å². The topological polar surface area (TPSA) is 33.1 Å². The third-order valence-corrected chi connectivity index (χ3v) is 2.72. The minimum atomic E-state index is 0.978. The minimum absolute atomic E-state index is 0.978. The molecule has 0 aromatic carbocycles. The highest BCUT2D eigenvalue weighted by Gasteiger charge is 2.04. The first-order valence-electron chi connectivity index (χ1n) is 5.59. The first-order valence-corrected chi connectivity index (χ1v) is 5.59. The van der Waals surface area contributed by atoms with E-state index in [-0.39, 0.29) is 0 Å². The van der Waals surface area contributed by atoms with Crippen molar-refractivity contribution in [3.8, 4) is 11.4 Å². The number of aromatic amines is 1. The number of aliphatic imine (C=N–C) groups is 1. The van der Waals surface area contributed by atoms with E-state index in [0.29, 0.717) is 0 Å². The van der Waals surface area contributed by atoms with Gasteiger partial charge in [-0.3, -0.25) is 4.99 Å². The van der Waals surface area contributed by atoms with Gasteiger partial charge in [-0.1, -0.05) is 0 Å². The molecular formula is C14H13N3. The molecule has 0 atom stereocenters. The number of hydrogen-bond donors (Lipinski definition) is 1. The highest BCUT2D eigenvalue weighted by molar-refractivity contribution is 5.97. The number of nitrogens with zero attached hydrogens (tertiary/aromatic N) is 2. The van der Waals surface area contributed by atoms with Crippen LogP contribution in [0.4, 0.5) is 0 Å². The molecule has 3 rings (SSSR count). The fraction of sp³-hybridized carbons (Fsp3) is 0.0714. The highest BCUT2D eigenvalue weighted by Crippen LogP contribution is 2.20. The van der Waals surface area contributed by atoms with Crippen LogP contribution in [0.25, 0.3) is 17.6 Å². The van der Waals surface area contributed by atoms with Crippen molar-refractivity contribution in [2.75, 3.05) is 0 Å². The smallest absolute Gasteiger partial charge is 0.0799 e. The molecule has 0 fully saturated rings. The van der Waals surface area contributed by atoms with E-state index in [9.17, 15) is 0 Å². The van der Waals surface area contributed by atoms with Crippen molar-refractivity contribution < 1.29 is 0 Å². The normalized spacial score (nSPS) is 16.8. The van der Waals surface area contributed by atoms with Gasteiger partial charge in [0.25, 0.3) is 0 Å². The van der Waals surface area contributed by atoms with Crippen LogP contribution in [-0.2, 0) is 0 Å². The van der Waals surface area contributed by atoms with Gasteiger partial charge in [0.05, 0.1) is 17.1 Å². The molecule has 0 bridgehead atoms. The molecule has 0 saturated heterocycles.